The Balaban J connectivity index is 1.69. The summed E-state index contributed by atoms with van der Waals surface area (Å²) in [5.41, 5.74) is 1.14. The Morgan fingerprint density at radius 1 is 1.27 bits per heavy atom. The first-order valence-electron chi connectivity index (χ1n) is 8.43. The highest BCUT2D eigenvalue weighted by Gasteiger charge is 2.26. The fraction of sp³-hybridized carbons (Fsp3) is 0.389. The van der Waals surface area contributed by atoms with E-state index in [1.54, 1.807) is 38.6 Å². The number of carbonyl (C=O) groups is 1. The number of ether oxygens (including phenoxy) is 2. The van der Waals surface area contributed by atoms with Gasteiger partial charge in [0.15, 0.2) is 11.5 Å². The van der Waals surface area contributed by atoms with Gasteiger partial charge in [0, 0.05) is 30.9 Å². The summed E-state index contributed by atoms with van der Waals surface area (Å²) >= 11 is 0. The van der Waals surface area contributed by atoms with E-state index in [0.29, 0.717) is 23.7 Å². The number of anilines is 2. The van der Waals surface area contributed by atoms with Crippen molar-refractivity contribution in [2.75, 3.05) is 37.5 Å². The van der Waals surface area contributed by atoms with Gasteiger partial charge in [0.05, 0.1) is 32.0 Å². The molecule has 0 unspecified atom stereocenters. The molecule has 0 spiro atoms. The first kappa shape index (κ1) is 17.8. The molecule has 1 amide bonds. The smallest absolute Gasteiger partial charge is 0.266 e. The number of nitrogens with zero attached hydrogens (tertiary/aromatic N) is 2. The number of carbonyl (C=O) groups excluding carboxylic acids is 1. The van der Waals surface area contributed by atoms with Crippen LogP contribution in [0.5, 0.6) is 11.5 Å². The lowest BCUT2D eigenvalue weighted by molar-refractivity contribution is -0.120. The molecule has 1 atom stereocenters. The maximum Gasteiger partial charge on any atom is 0.266 e. The lowest BCUT2D eigenvalue weighted by Gasteiger charge is -2.33. The topological polar surface area (TPSA) is 96.5 Å². The summed E-state index contributed by atoms with van der Waals surface area (Å²) in [7, 11) is 3.12. The highest BCUT2D eigenvalue weighted by molar-refractivity contribution is 5.93. The number of aromatic amines is 1. The highest BCUT2D eigenvalue weighted by Crippen LogP contribution is 2.30. The average Bonchev–Trinajstić information content (AvgIpc) is 2.68. The van der Waals surface area contributed by atoms with E-state index in [9.17, 15) is 9.59 Å². The number of benzene rings is 1. The molecular weight excluding hydrogens is 336 g/mol. The van der Waals surface area contributed by atoms with E-state index in [-0.39, 0.29) is 17.4 Å². The van der Waals surface area contributed by atoms with Crippen molar-refractivity contribution in [2.24, 2.45) is 5.92 Å². The van der Waals surface area contributed by atoms with E-state index >= 15 is 0 Å². The van der Waals surface area contributed by atoms with Gasteiger partial charge in [-0.3, -0.25) is 9.59 Å². The van der Waals surface area contributed by atoms with Crippen molar-refractivity contribution >= 4 is 17.3 Å². The van der Waals surface area contributed by atoms with Crippen molar-refractivity contribution in [3.05, 3.63) is 40.8 Å². The van der Waals surface area contributed by atoms with Crippen molar-refractivity contribution in [1.29, 1.82) is 0 Å². The minimum Gasteiger partial charge on any atom is -0.493 e. The van der Waals surface area contributed by atoms with E-state index in [2.05, 4.69) is 15.5 Å². The summed E-state index contributed by atoms with van der Waals surface area (Å²) in [5, 5.41) is 9.13. The molecule has 3 rings (SSSR count). The van der Waals surface area contributed by atoms with Crippen molar-refractivity contribution in [2.45, 2.75) is 12.8 Å². The molecule has 8 heteroatoms. The Labute approximate surface area is 151 Å². The van der Waals surface area contributed by atoms with Gasteiger partial charge in [-0.2, -0.15) is 5.10 Å². The fourth-order valence-corrected chi connectivity index (χ4v) is 3.12. The van der Waals surface area contributed by atoms with E-state index < -0.39 is 0 Å². The lowest BCUT2D eigenvalue weighted by Crippen LogP contribution is -2.41. The normalized spacial score (nSPS) is 16.8. The van der Waals surface area contributed by atoms with Gasteiger partial charge < -0.3 is 19.7 Å². The maximum atomic E-state index is 12.7. The van der Waals surface area contributed by atoms with Crippen molar-refractivity contribution in [3.8, 4) is 11.5 Å². The third kappa shape index (κ3) is 3.96. The Bertz CT molecular complexity index is 836. The molecule has 1 aromatic heterocycles. The number of hydrogen-bond donors (Lipinski definition) is 2. The van der Waals surface area contributed by atoms with Crippen LogP contribution >= 0.6 is 0 Å². The summed E-state index contributed by atoms with van der Waals surface area (Å²) in [6, 6.07) is 6.77. The van der Waals surface area contributed by atoms with Crippen LogP contribution in [0.15, 0.2) is 35.3 Å². The van der Waals surface area contributed by atoms with Crippen LogP contribution in [0.1, 0.15) is 12.8 Å². The molecule has 1 aliphatic rings. The minimum atomic E-state index is -0.251. The van der Waals surface area contributed by atoms with Crippen LogP contribution in [-0.4, -0.2) is 43.4 Å². The maximum absolute atomic E-state index is 12.7. The number of amides is 1. The van der Waals surface area contributed by atoms with E-state index in [1.165, 1.54) is 6.07 Å². The molecule has 2 aromatic rings. The van der Waals surface area contributed by atoms with Crippen LogP contribution in [0.4, 0.5) is 11.4 Å². The molecule has 26 heavy (non-hydrogen) atoms. The Kier molecular flexibility index (Phi) is 5.40. The zero-order valence-electron chi connectivity index (χ0n) is 14.8. The molecule has 1 aromatic carbocycles. The number of aromatic nitrogens is 2. The number of methoxy groups -OCH3 is 2. The quantitative estimate of drug-likeness (QED) is 0.843. The largest absolute Gasteiger partial charge is 0.493 e. The molecule has 1 aliphatic heterocycles. The van der Waals surface area contributed by atoms with Crippen molar-refractivity contribution < 1.29 is 14.3 Å². The van der Waals surface area contributed by atoms with E-state index in [1.807, 2.05) is 4.90 Å². The van der Waals surface area contributed by atoms with Crippen LogP contribution < -0.4 is 25.2 Å². The van der Waals surface area contributed by atoms with E-state index in [4.69, 9.17) is 9.47 Å². The second kappa shape index (κ2) is 7.90. The van der Waals surface area contributed by atoms with Gasteiger partial charge in [0.2, 0.25) is 5.91 Å². The molecule has 2 N–H and O–H groups in total. The molecule has 1 saturated heterocycles. The zero-order chi connectivity index (χ0) is 18.5. The Morgan fingerprint density at radius 2 is 2.08 bits per heavy atom. The summed E-state index contributed by atoms with van der Waals surface area (Å²) in [6.07, 6.45) is 3.28. The van der Waals surface area contributed by atoms with Gasteiger partial charge in [-0.25, -0.2) is 5.10 Å². The molecule has 2 heterocycles. The van der Waals surface area contributed by atoms with Crippen LogP contribution in [0.2, 0.25) is 0 Å². The monoisotopic (exact) mass is 358 g/mol. The second-order valence-corrected chi connectivity index (χ2v) is 6.15. The summed E-state index contributed by atoms with van der Waals surface area (Å²) in [5.74, 6) is 0.942. The van der Waals surface area contributed by atoms with Crippen molar-refractivity contribution in [3.63, 3.8) is 0 Å². The Morgan fingerprint density at radius 3 is 2.81 bits per heavy atom. The number of rotatable bonds is 5. The van der Waals surface area contributed by atoms with E-state index in [0.717, 1.165) is 25.1 Å². The summed E-state index contributed by atoms with van der Waals surface area (Å²) in [6.45, 7) is 1.34. The third-order valence-electron chi connectivity index (χ3n) is 4.46. The lowest BCUT2D eigenvalue weighted by atomic mass is 9.96. The number of hydrogen-bond acceptors (Lipinski definition) is 6. The van der Waals surface area contributed by atoms with Gasteiger partial charge in [0.1, 0.15) is 0 Å². The number of nitrogens with one attached hydrogen (secondary N) is 2. The van der Waals surface area contributed by atoms with Gasteiger partial charge in [-0.15, -0.1) is 0 Å². The molecule has 1 fully saturated rings. The highest BCUT2D eigenvalue weighted by atomic mass is 16.5. The summed E-state index contributed by atoms with van der Waals surface area (Å²) in [4.78, 5) is 26.1. The molecule has 138 valence electrons. The predicted octanol–water partition coefficient (Wildman–Crippen LogP) is 1.64. The molecule has 0 bridgehead atoms. The third-order valence-corrected chi connectivity index (χ3v) is 4.46. The minimum absolute atomic E-state index is 0.0558. The van der Waals surface area contributed by atoms with Gasteiger partial charge in [0.25, 0.3) is 5.56 Å². The Hall–Kier alpha value is -3.03. The predicted molar refractivity (Wildman–Crippen MR) is 98.0 cm³/mol. The van der Waals surface area contributed by atoms with Crippen LogP contribution in [0, 0.1) is 5.92 Å². The van der Waals surface area contributed by atoms with Crippen LogP contribution in [0.3, 0.4) is 0 Å². The van der Waals surface area contributed by atoms with Crippen LogP contribution in [0.25, 0.3) is 0 Å². The molecule has 0 radical (unpaired) electrons. The average molecular weight is 358 g/mol. The SMILES string of the molecule is COc1ccc(NC(=O)[C@H]2CCCN(c3cn[nH]c(=O)c3)C2)cc1OC. The molecule has 8 nitrogen and oxygen atoms in total. The standard InChI is InChI=1S/C18H22N4O4/c1-25-15-6-5-13(8-16(15)26-2)20-18(24)12-4-3-7-22(11-12)14-9-17(23)21-19-10-14/h5-6,8-10,12H,3-4,7,11H2,1-2H3,(H,20,24)(H,21,23)/t12-/m0/s1. The molecule has 0 saturated carbocycles. The number of H-pyrrole nitrogens is 1. The zero-order valence-corrected chi connectivity index (χ0v) is 14.8. The van der Waals surface area contributed by atoms with Gasteiger partial charge in [-0.05, 0) is 25.0 Å². The van der Waals surface area contributed by atoms with Crippen molar-refractivity contribution in [1.82, 2.24) is 10.2 Å². The molecule has 0 aliphatic carbocycles. The first-order valence-corrected chi connectivity index (χ1v) is 8.43. The number of piperidine rings is 1. The van der Waals surface area contributed by atoms with Gasteiger partial charge in [-0.1, -0.05) is 0 Å². The van der Waals surface area contributed by atoms with Crippen LogP contribution in [-0.2, 0) is 4.79 Å². The molecular formula is C18H22N4O4. The summed E-state index contributed by atoms with van der Waals surface area (Å²) < 4.78 is 10.5. The first-order chi connectivity index (χ1) is 12.6. The van der Waals surface area contributed by atoms with Gasteiger partial charge >= 0.3 is 0 Å². The second-order valence-electron chi connectivity index (χ2n) is 6.15. The fourth-order valence-electron chi connectivity index (χ4n) is 3.12.